The van der Waals surface area contributed by atoms with Crippen molar-refractivity contribution in [3.05, 3.63) is 18.2 Å². The van der Waals surface area contributed by atoms with Crippen LogP contribution in [0.4, 0.5) is 0 Å². The van der Waals surface area contributed by atoms with Crippen molar-refractivity contribution in [1.29, 1.82) is 0 Å². The number of esters is 1. The summed E-state index contributed by atoms with van der Waals surface area (Å²) >= 11 is 0. The molecule has 1 saturated heterocycles. The van der Waals surface area contributed by atoms with Gasteiger partial charge in [-0.05, 0) is 12.8 Å². The smallest absolute Gasteiger partial charge is 0.309 e. The third-order valence-corrected chi connectivity index (χ3v) is 2.50. The molecule has 0 unspecified atom stereocenters. The Morgan fingerprint density at radius 2 is 2.67 bits per heavy atom. The molecule has 2 rings (SSSR count). The first-order valence-electron chi connectivity index (χ1n) is 6.74. The standard InChI is InChI=1S/C11H16N2O2/c1-3-10-8(6-15-11(10)14)4-9-5-12-7-13(9)2/h5,7-8,10H,3-4,6H2,1-2H3/t8-,10-/m0/s1/i3D2,8D,10D. The predicted molar refractivity (Wildman–Crippen MR) is 55.1 cm³/mol. The van der Waals surface area contributed by atoms with Crippen LogP contribution in [0.1, 0.15) is 24.5 Å². The summed E-state index contributed by atoms with van der Waals surface area (Å²) in [6, 6.07) is 0. The summed E-state index contributed by atoms with van der Waals surface area (Å²) in [6.07, 6.45) is 0.973. The fourth-order valence-electron chi connectivity index (χ4n) is 1.63. The minimum Gasteiger partial charge on any atom is -0.465 e. The number of hydrogen-bond acceptors (Lipinski definition) is 3. The Hall–Kier alpha value is -1.32. The van der Waals surface area contributed by atoms with Gasteiger partial charge >= 0.3 is 5.97 Å². The molecule has 15 heavy (non-hydrogen) atoms. The Morgan fingerprint density at radius 3 is 3.27 bits per heavy atom. The summed E-state index contributed by atoms with van der Waals surface area (Å²) in [5.41, 5.74) is 0.661. The third-order valence-electron chi connectivity index (χ3n) is 2.50. The van der Waals surface area contributed by atoms with Gasteiger partial charge in [-0.2, -0.15) is 0 Å². The van der Waals surface area contributed by atoms with Gasteiger partial charge in [0.05, 0.1) is 18.8 Å². The number of carbonyl (C=O) groups is 1. The fraction of sp³-hybridized carbons (Fsp3) is 0.636. The molecule has 2 heterocycles. The van der Waals surface area contributed by atoms with Gasteiger partial charge in [-0.1, -0.05) is 6.92 Å². The number of carbonyl (C=O) groups excluding carboxylic acids is 1. The molecule has 0 aromatic carbocycles. The minimum atomic E-state index is -2.25. The molecule has 0 spiro atoms. The van der Waals surface area contributed by atoms with E-state index in [0.717, 1.165) is 6.92 Å². The average Bonchev–Trinajstić information content (AvgIpc) is 2.77. The number of imidazole rings is 1. The zero-order valence-corrected chi connectivity index (χ0v) is 8.78. The molecule has 82 valence electrons. The quantitative estimate of drug-likeness (QED) is 0.706. The largest absolute Gasteiger partial charge is 0.465 e. The summed E-state index contributed by atoms with van der Waals surface area (Å²) in [5, 5.41) is 0. The highest BCUT2D eigenvalue weighted by atomic mass is 16.5. The Morgan fingerprint density at radius 1 is 1.87 bits per heavy atom. The fourth-order valence-corrected chi connectivity index (χ4v) is 1.63. The first-order valence-corrected chi connectivity index (χ1v) is 4.74. The van der Waals surface area contributed by atoms with Gasteiger partial charge < -0.3 is 9.30 Å². The van der Waals surface area contributed by atoms with Crippen LogP contribution < -0.4 is 0 Å². The van der Waals surface area contributed by atoms with Crippen LogP contribution in [-0.2, 0) is 23.0 Å². The highest BCUT2D eigenvalue weighted by Crippen LogP contribution is 2.27. The Balaban J connectivity index is 2.42. The van der Waals surface area contributed by atoms with Gasteiger partial charge in [0.25, 0.3) is 0 Å². The van der Waals surface area contributed by atoms with E-state index < -0.39 is 24.1 Å². The summed E-state index contributed by atoms with van der Waals surface area (Å²) in [7, 11) is 1.75. The van der Waals surface area contributed by atoms with Crippen molar-refractivity contribution >= 4 is 5.97 Å². The molecule has 4 nitrogen and oxygen atoms in total. The van der Waals surface area contributed by atoms with Crippen molar-refractivity contribution in [3.63, 3.8) is 0 Å². The highest BCUT2D eigenvalue weighted by Gasteiger charge is 2.35. The number of aryl methyl sites for hydroxylation is 1. The van der Waals surface area contributed by atoms with Crippen molar-refractivity contribution < 1.29 is 15.0 Å². The van der Waals surface area contributed by atoms with Gasteiger partial charge in [-0.15, -0.1) is 0 Å². The lowest BCUT2D eigenvalue weighted by Crippen LogP contribution is -2.18. The molecular formula is C11H16N2O2. The van der Waals surface area contributed by atoms with Crippen LogP contribution in [0.5, 0.6) is 0 Å². The van der Waals surface area contributed by atoms with E-state index in [9.17, 15) is 4.79 Å². The van der Waals surface area contributed by atoms with E-state index in [1.165, 1.54) is 0 Å². The first-order chi connectivity index (χ1) is 8.62. The molecule has 0 bridgehead atoms. The lowest BCUT2D eigenvalue weighted by Gasteiger charge is -2.12. The van der Waals surface area contributed by atoms with E-state index in [1.807, 2.05) is 0 Å². The van der Waals surface area contributed by atoms with Gasteiger partial charge in [-0.25, -0.2) is 4.98 Å². The van der Waals surface area contributed by atoms with Crippen molar-refractivity contribution in [2.24, 2.45) is 18.8 Å². The van der Waals surface area contributed by atoms with Crippen LogP contribution in [0.3, 0.4) is 0 Å². The van der Waals surface area contributed by atoms with E-state index >= 15 is 0 Å². The second-order valence-electron chi connectivity index (χ2n) is 3.48. The SMILES string of the molecule is [2H]C([2H])(C)[C@]1([2H])C(=O)OC[C@]1([2H])Cc1cncn1C. The molecule has 1 aromatic heterocycles. The molecule has 1 aliphatic heterocycles. The van der Waals surface area contributed by atoms with Crippen molar-refractivity contribution in [1.82, 2.24) is 9.55 Å². The molecule has 4 heteroatoms. The number of cyclic esters (lactones) is 1. The molecule has 1 aromatic rings. The van der Waals surface area contributed by atoms with Gasteiger partial charge in [0.2, 0.25) is 0 Å². The van der Waals surface area contributed by atoms with Crippen molar-refractivity contribution in [2.45, 2.75) is 19.7 Å². The van der Waals surface area contributed by atoms with E-state index in [4.69, 9.17) is 10.2 Å². The Bertz CT molecular complexity index is 513. The second kappa shape index (κ2) is 4.04. The molecule has 1 aliphatic rings. The normalized spacial score (nSPS) is 40.3. The van der Waals surface area contributed by atoms with Gasteiger partial charge in [-0.3, -0.25) is 4.79 Å². The molecule has 2 atom stereocenters. The summed E-state index contributed by atoms with van der Waals surface area (Å²) in [4.78, 5) is 15.7. The van der Waals surface area contributed by atoms with Crippen molar-refractivity contribution in [3.8, 4) is 0 Å². The predicted octanol–water partition coefficient (Wildman–Crippen LogP) is 1.16. The highest BCUT2D eigenvalue weighted by molar-refractivity contribution is 5.74. The molecule has 0 saturated carbocycles. The van der Waals surface area contributed by atoms with E-state index in [2.05, 4.69) is 4.98 Å². The average molecular weight is 212 g/mol. The van der Waals surface area contributed by atoms with Crippen LogP contribution >= 0.6 is 0 Å². The maximum atomic E-state index is 11.8. The lowest BCUT2D eigenvalue weighted by molar-refractivity contribution is -0.141. The Kier molecular flexibility index (Phi) is 1.70. The molecule has 0 amide bonds. The maximum Gasteiger partial charge on any atom is 0.309 e. The summed E-state index contributed by atoms with van der Waals surface area (Å²) < 4.78 is 38.5. The summed E-state index contributed by atoms with van der Waals surface area (Å²) in [5.74, 6) is -4.89. The van der Waals surface area contributed by atoms with Gasteiger partial charge in [0, 0.05) is 30.3 Å². The number of nitrogens with zero attached hydrogens (tertiary/aromatic N) is 2. The van der Waals surface area contributed by atoms with Crippen molar-refractivity contribution in [2.75, 3.05) is 6.61 Å². The number of ether oxygens (including phenoxy) is 1. The zero-order valence-electron chi connectivity index (χ0n) is 12.8. The number of hydrogen-bond donors (Lipinski definition) is 0. The Labute approximate surface area is 94.9 Å². The lowest BCUT2D eigenvalue weighted by atomic mass is 9.89. The monoisotopic (exact) mass is 212 g/mol. The van der Waals surface area contributed by atoms with E-state index in [-0.39, 0.29) is 13.0 Å². The molecular weight excluding hydrogens is 192 g/mol. The molecule has 0 aliphatic carbocycles. The topological polar surface area (TPSA) is 44.1 Å². The molecule has 1 fully saturated rings. The first kappa shape index (κ1) is 6.30. The number of rotatable bonds is 3. The third kappa shape index (κ3) is 1.89. The van der Waals surface area contributed by atoms with Gasteiger partial charge in [0.15, 0.2) is 0 Å². The van der Waals surface area contributed by atoms with Crippen LogP contribution in [-0.4, -0.2) is 22.1 Å². The summed E-state index contributed by atoms with van der Waals surface area (Å²) in [6.45, 7) is 0.854. The van der Waals surface area contributed by atoms with Gasteiger partial charge in [0.1, 0.15) is 0 Å². The minimum absolute atomic E-state index is 0.0338. The zero-order chi connectivity index (χ0) is 14.5. The van der Waals surface area contributed by atoms with E-state index in [0.29, 0.717) is 5.69 Å². The maximum absolute atomic E-state index is 11.8. The van der Waals surface area contributed by atoms with Crippen LogP contribution in [0.15, 0.2) is 12.5 Å². The van der Waals surface area contributed by atoms with E-state index in [1.54, 1.807) is 24.1 Å². The van der Waals surface area contributed by atoms with Crippen LogP contribution in [0, 0.1) is 11.8 Å². The number of aromatic nitrogens is 2. The van der Waals surface area contributed by atoms with Crippen LogP contribution in [0.2, 0.25) is 0 Å². The molecule has 0 N–H and O–H groups in total. The second-order valence-corrected chi connectivity index (χ2v) is 3.48. The molecule has 0 radical (unpaired) electrons. The van der Waals surface area contributed by atoms with Crippen LogP contribution in [0.25, 0.3) is 0 Å².